The van der Waals surface area contributed by atoms with Crippen LogP contribution in [-0.2, 0) is 0 Å². The monoisotopic (exact) mass is 382 g/mol. The molecule has 1 aliphatic heterocycles. The predicted octanol–water partition coefficient (Wildman–Crippen LogP) is 2.43. The molecule has 0 atom stereocenters. The first-order valence-electron chi connectivity index (χ1n) is 6.98. The first-order chi connectivity index (χ1) is 8.18. The highest BCUT2D eigenvalue weighted by atomic mass is 127. The molecule has 0 aromatic rings. The van der Waals surface area contributed by atoms with Crippen LogP contribution in [0.3, 0.4) is 0 Å². The second kappa shape index (κ2) is 7.67. The third kappa shape index (κ3) is 8.68. The number of likely N-dealkylation sites (tertiary alicyclic amines) is 1. The van der Waals surface area contributed by atoms with Gasteiger partial charge in [0.25, 0.3) is 0 Å². The van der Waals surface area contributed by atoms with E-state index in [2.05, 4.69) is 49.8 Å². The minimum atomic E-state index is -0.0212. The number of nitrogens with zero attached hydrogens (tertiary/aromatic N) is 2. The predicted molar refractivity (Wildman–Crippen MR) is 94.2 cm³/mol. The van der Waals surface area contributed by atoms with Crippen molar-refractivity contribution < 1.29 is 0 Å². The lowest BCUT2D eigenvalue weighted by Crippen LogP contribution is -2.45. The number of guanidine groups is 1. The molecule has 19 heavy (non-hydrogen) atoms. The molecule has 0 radical (unpaired) electrons. The van der Waals surface area contributed by atoms with Crippen LogP contribution in [-0.4, -0.2) is 42.6 Å². The minimum absolute atomic E-state index is 0. The molecule has 0 aliphatic carbocycles. The number of rotatable bonds is 4. The molecule has 1 aliphatic rings. The highest BCUT2D eigenvalue weighted by Gasteiger charge is 2.23. The Balaban J connectivity index is 0.00000324. The van der Waals surface area contributed by atoms with Crippen molar-refractivity contribution in [3.05, 3.63) is 0 Å². The van der Waals surface area contributed by atoms with Gasteiger partial charge in [-0.15, -0.1) is 24.0 Å². The summed E-state index contributed by atoms with van der Waals surface area (Å²) >= 11 is 0. The second-order valence-corrected chi connectivity index (χ2v) is 7.22. The van der Waals surface area contributed by atoms with E-state index >= 15 is 0 Å². The van der Waals surface area contributed by atoms with Crippen molar-refractivity contribution in [3.8, 4) is 0 Å². The van der Waals surface area contributed by atoms with Crippen molar-refractivity contribution in [2.24, 2.45) is 16.1 Å². The van der Waals surface area contributed by atoms with Crippen LogP contribution in [0.2, 0.25) is 0 Å². The molecule has 1 rings (SSSR count). The van der Waals surface area contributed by atoms with Gasteiger partial charge >= 0.3 is 0 Å². The fraction of sp³-hybridized carbons (Fsp3) is 0.929. The van der Waals surface area contributed by atoms with Crippen molar-refractivity contribution in [3.63, 3.8) is 0 Å². The molecular formula is C14H31IN4. The third-order valence-corrected chi connectivity index (χ3v) is 3.03. The fourth-order valence-electron chi connectivity index (χ4n) is 2.32. The summed E-state index contributed by atoms with van der Waals surface area (Å²) in [6.45, 7) is 15.2. The van der Waals surface area contributed by atoms with Gasteiger partial charge in [0.1, 0.15) is 0 Å². The van der Waals surface area contributed by atoms with Crippen LogP contribution in [0.25, 0.3) is 0 Å². The summed E-state index contributed by atoms with van der Waals surface area (Å²) in [5.74, 6) is 0.553. The van der Waals surface area contributed by atoms with Crippen molar-refractivity contribution in [2.75, 3.05) is 26.2 Å². The second-order valence-electron chi connectivity index (χ2n) is 7.22. The topological polar surface area (TPSA) is 53.6 Å². The van der Waals surface area contributed by atoms with Gasteiger partial charge in [-0.1, -0.05) is 13.8 Å². The summed E-state index contributed by atoms with van der Waals surface area (Å²) in [4.78, 5) is 7.01. The SMILES string of the molecule is CC(C)(CN=C(N)NC(C)(C)C)CN1CCCC1.I. The van der Waals surface area contributed by atoms with Crippen molar-refractivity contribution in [1.29, 1.82) is 0 Å². The zero-order chi connectivity index (χ0) is 13.8. The number of halogens is 1. The highest BCUT2D eigenvalue weighted by Crippen LogP contribution is 2.20. The van der Waals surface area contributed by atoms with E-state index in [9.17, 15) is 0 Å². The van der Waals surface area contributed by atoms with Crippen molar-refractivity contribution in [1.82, 2.24) is 10.2 Å². The number of aliphatic imine (C=N–C) groups is 1. The summed E-state index contributed by atoms with van der Waals surface area (Å²) < 4.78 is 0. The van der Waals surface area contributed by atoms with Gasteiger partial charge in [-0.25, -0.2) is 0 Å². The van der Waals surface area contributed by atoms with Gasteiger partial charge in [0.15, 0.2) is 5.96 Å². The van der Waals surface area contributed by atoms with E-state index in [1.54, 1.807) is 0 Å². The summed E-state index contributed by atoms with van der Waals surface area (Å²) in [5, 5.41) is 3.20. The normalized spacial score (nSPS) is 18.3. The Morgan fingerprint density at radius 3 is 2.16 bits per heavy atom. The molecule has 114 valence electrons. The molecule has 5 heteroatoms. The van der Waals surface area contributed by atoms with E-state index in [1.807, 2.05) is 0 Å². The summed E-state index contributed by atoms with van der Waals surface area (Å²) in [7, 11) is 0. The van der Waals surface area contributed by atoms with Gasteiger partial charge in [0.2, 0.25) is 0 Å². The highest BCUT2D eigenvalue weighted by molar-refractivity contribution is 14.0. The van der Waals surface area contributed by atoms with E-state index < -0.39 is 0 Å². The maximum atomic E-state index is 5.90. The summed E-state index contributed by atoms with van der Waals surface area (Å²) in [6, 6.07) is 0. The van der Waals surface area contributed by atoms with Crippen molar-refractivity contribution >= 4 is 29.9 Å². The zero-order valence-electron chi connectivity index (χ0n) is 13.1. The lowest BCUT2D eigenvalue weighted by molar-refractivity contribution is 0.216. The fourth-order valence-corrected chi connectivity index (χ4v) is 2.32. The van der Waals surface area contributed by atoms with E-state index in [-0.39, 0.29) is 34.9 Å². The Hall–Kier alpha value is -0.0400. The Bertz CT molecular complexity index is 288. The molecule has 0 aromatic carbocycles. The summed E-state index contributed by atoms with van der Waals surface area (Å²) in [6.07, 6.45) is 2.68. The molecule has 0 bridgehead atoms. The van der Waals surface area contributed by atoms with E-state index in [1.165, 1.54) is 25.9 Å². The molecule has 0 spiro atoms. The van der Waals surface area contributed by atoms with Gasteiger partial charge in [-0.05, 0) is 52.1 Å². The first-order valence-corrected chi connectivity index (χ1v) is 6.98. The lowest BCUT2D eigenvalue weighted by Gasteiger charge is -2.29. The zero-order valence-corrected chi connectivity index (χ0v) is 15.5. The van der Waals surface area contributed by atoms with Gasteiger partial charge in [0.05, 0.1) is 0 Å². The van der Waals surface area contributed by atoms with Crippen LogP contribution in [0.15, 0.2) is 4.99 Å². The van der Waals surface area contributed by atoms with Gasteiger partial charge < -0.3 is 16.0 Å². The first kappa shape index (κ1) is 19.0. The van der Waals surface area contributed by atoms with Crippen LogP contribution in [0, 0.1) is 5.41 Å². The molecule has 0 amide bonds. The van der Waals surface area contributed by atoms with Crippen molar-refractivity contribution in [2.45, 2.75) is 53.0 Å². The largest absolute Gasteiger partial charge is 0.370 e. The number of hydrogen-bond donors (Lipinski definition) is 2. The number of hydrogen-bond acceptors (Lipinski definition) is 2. The molecule has 0 aromatic heterocycles. The standard InChI is InChI=1S/C14H30N4.HI/c1-13(2,3)17-12(15)16-10-14(4,5)11-18-8-6-7-9-18;/h6-11H2,1-5H3,(H3,15,16,17);1H. The Morgan fingerprint density at radius 2 is 1.68 bits per heavy atom. The van der Waals surface area contributed by atoms with Gasteiger partial charge in [-0.3, -0.25) is 4.99 Å². The summed E-state index contributed by atoms with van der Waals surface area (Å²) in [5.41, 5.74) is 6.07. The quantitative estimate of drug-likeness (QED) is 0.446. The van der Waals surface area contributed by atoms with Gasteiger partial charge in [0, 0.05) is 18.6 Å². The third-order valence-electron chi connectivity index (χ3n) is 3.03. The Kier molecular flexibility index (Phi) is 7.65. The minimum Gasteiger partial charge on any atom is -0.370 e. The van der Waals surface area contributed by atoms with Crippen LogP contribution in [0.5, 0.6) is 0 Å². The van der Waals surface area contributed by atoms with Gasteiger partial charge in [-0.2, -0.15) is 0 Å². The van der Waals surface area contributed by atoms with Crippen LogP contribution < -0.4 is 11.1 Å². The maximum Gasteiger partial charge on any atom is 0.189 e. The number of nitrogens with one attached hydrogen (secondary N) is 1. The van der Waals surface area contributed by atoms with Crippen LogP contribution in [0.1, 0.15) is 47.5 Å². The molecule has 4 nitrogen and oxygen atoms in total. The maximum absolute atomic E-state index is 5.90. The Morgan fingerprint density at radius 1 is 1.16 bits per heavy atom. The molecule has 3 N–H and O–H groups in total. The average Bonchev–Trinajstić information content (AvgIpc) is 2.64. The number of nitrogens with two attached hydrogens (primary N) is 1. The van der Waals surface area contributed by atoms with E-state index in [0.717, 1.165) is 13.1 Å². The lowest BCUT2D eigenvalue weighted by atomic mass is 9.93. The van der Waals surface area contributed by atoms with E-state index in [0.29, 0.717) is 5.96 Å². The van der Waals surface area contributed by atoms with E-state index in [4.69, 9.17) is 5.73 Å². The van der Waals surface area contributed by atoms with Crippen LogP contribution >= 0.6 is 24.0 Å². The smallest absolute Gasteiger partial charge is 0.189 e. The molecule has 1 fully saturated rings. The molecule has 1 saturated heterocycles. The molecule has 1 heterocycles. The molecular weight excluding hydrogens is 351 g/mol. The average molecular weight is 382 g/mol. The molecule has 0 unspecified atom stereocenters. The van der Waals surface area contributed by atoms with Crippen LogP contribution in [0.4, 0.5) is 0 Å². The Labute approximate surface area is 135 Å². The molecule has 0 saturated carbocycles.